The van der Waals surface area contributed by atoms with E-state index in [9.17, 15) is 35.9 Å². The van der Waals surface area contributed by atoms with Crippen molar-refractivity contribution in [1.82, 2.24) is 20.0 Å². The zero-order valence-corrected chi connectivity index (χ0v) is 18.8. The lowest BCUT2D eigenvalue weighted by molar-refractivity contribution is -0.274. The molecule has 1 aromatic heterocycles. The molecule has 0 radical (unpaired) electrons. The average Bonchev–Trinajstić information content (AvgIpc) is 3.17. The smallest absolute Gasteiger partial charge is 0.406 e. The van der Waals surface area contributed by atoms with Crippen LogP contribution >= 0.6 is 0 Å². The molecule has 7 nitrogen and oxygen atoms in total. The summed E-state index contributed by atoms with van der Waals surface area (Å²) in [6, 6.07) is 7.67. The van der Waals surface area contributed by atoms with E-state index in [0.29, 0.717) is 36.1 Å². The van der Waals surface area contributed by atoms with E-state index in [2.05, 4.69) is 9.84 Å². The first-order valence-electron chi connectivity index (χ1n) is 10.8. The molecule has 0 spiro atoms. The predicted octanol–water partition coefficient (Wildman–Crippen LogP) is 4.31. The van der Waals surface area contributed by atoms with Crippen molar-refractivity contribution in [3.8, 4) is 5.75 Å². The summed E-state index contributed by atoms with van der Waals surface area (Å²) in [5.74, 6) is -1.49. The van der Waals surface area contributed by atoms with Crippen molar-refractivity contribution in [3.05, 3.63) is 59.3 Å². The number of hydrogen-bond acceptors (Lipinski definition) is 4. The van der Waals surface area contributed by atoms with Crippen molar-refractivity contribution >= 4 is 22.7 Å². The van der Waals surface area contributed by atoms with Gasteiger partial charge in [0.15, 0.2) is 0 Å². The van der Waals surface area contributed by atoms with Crippen LogP contribution in [0.4, 0.5) is 26.3 Å². The minimum absolute atomic E-state index is 0.0750. The highest BCUT2D eigenvalue weighted by Crippen LogP contribution is 2.26. The number of aryl methyl sites for hydroxylation is 1. The summed E-state index contributed by atoms with van der Waals surface area (Å²) >= 11 is 0. The van der Waals surface area contributed by atoms with Crippen molar-refractivity contribution in [2.75, 3.05) is 19.6 Å². The largest absolute Gasteiger partial charge is 0.573 e. The zero-order valence-electron chi connectivity index (χ0n) is 18.8. The third kappa shape index (κ3) is 5.89. The van der Waals surface area contributed by atoms with Crippen molar-refractivity contribution in [3.63, 3.8) is 0 Å². The van der Waals surface area contributed by atoms with Gasteiger partial charge in [-0.05, 0) is 48.9 Å². The fourth-order valence-corrected chi connectivity index (χ4v) is 3.99. The minimum Gasteiger partial charge on any atom is -0.406 e. The summed E-state index contributed by atoms with van der Waals surface area (Å²) in [4.78, 5) is 26.3. The van der Waals surface area contributed by atoms with Gasteiger partial charge in [-0.15, -0.1) is 13.2 Å². The van der Waals surface area contributed by atoms with Gasteiger partial charge < -0.3 is 15.0 Å². The lowest BCUT2D eigenvalue weighted by Gasteiger charge is -2.39. The highest BCUT2D eigenvalue weighted by molar-refractivity contribution is 6.00. The number of rotatable bonds is 6. The van der Waals surface area contributed by atoms with Crippen LogP contribution in [-0.4, -0.2) is 58.7 Å². The number of carbonyl (C=O) groups excluding carboxylic acids is 2. The number of hydrogen-bond donors (Lipinski definition) is 1. The maximum absolute atomic E-state index is 12.6. The number of fused-ring (bicyclic) bond motifs is 1. The van der Waals surface area contributed by atoms with Crippen molar-refractivity contribution in [2.24, 2.45) is 5.92 Å². The van der Waals surface area contributed by atoms with Crippen molar-refractivity contribution < 1.29 is 40.7 Å². The first kappa shape index (κ1) is 25.3. The van der Waals surface area contributed by atoms with Gasteiger partial charge in [0.2, 0.25) is 0 Å². The molecule has 0 bridgehead atoms. The van der Waals surface area contributed by atoms with Gasteiger partial charge in [0.25, 0.3) is 11.8 Å². The predicted molar refractivity (Wildman–Crippen MR) is 115 cm³/mol. The van der Waals surface area contributed by atoms with Gasteiger partial charge in [-0.1, -0.05) is 0 Å². The Morgan fingerprint density at radius 2 is 1.72 bits per heavy atom. The topological polar surface area (TPSA) is 76.5 Å². The molecule has 3 aromatic rings. The lowest BCUT2D eigenvalue weighted by Crippen LogP contribution is -2.51. The molecular formula is C23H20F6N4O3. The Hall–Kier alpha value is -3.77. The maximum Gasteiger partial charge on any atom is 0.573 e. The standard InChI is InChI=1S/C23H20F6N4O3/c1-13-17(20(34)30-12-22(24,25)26)6-7-19-18(13)11-33(31-19)10-14-8-32(9-14)21(35)15-2-4-16(5-3-15)36-23(27,28)29/h2-7,11,14H,8-10,12H2,1H3,(H,30,34). The second-order valence-corrected chi connectivity index (χ2v) is 8.47. The molecule has 1 N–H and O–H groups in total. The number of aromatic nitrogens is 2. The molecule has 1 aliphatic rings. The molecule has 0 saturated carbocycles. The van der Waals surface area contributed by atoms with E-state index in [0.717, 1.165) is 12.1 Å². The molecule has 192 valence electrons. The molecule has 2 amide bonds. The summed E-state index contributed by atoms with van der Waals surface area (Å²) in [6.45, 7) is 1.50. The van der Waals surface area contributed by atoms with Crippen LogP contribution in [0, 0.1) is 12.8 Å². The fraction of sp³-hybridized carbons (Fsp3) is 0.348. The number of halogens is 6. The molecule has 2 aromatic carbocycles. The Bertz CT molecular complexity index is 1280. The van der Waals surface area contributed by atoms with Crippen LogP contribution in [0.25, 0.3) is 10.9 Å². The van der Waals surface area contributed by atoms with E-state index in [4.69, 9.17) is 0 Å². The van der Waals surface area contributed by atoms with Crippen LogP contribution in [0.2, 0.25) is 0 Å². The van der Waals surface area contributed by atoms with Crippen molar-refractivity contribution in [1.29, 1.82) is 0 Å². The van der Waals surface area contributed by atoms with E-state index < -0.39 is 30.7 Å². The molecule has 0 aliphatic carbocycles. The molecule has 0 unspecified atom stereocenters. The number of alkyl halides is 6. The van der Waals surface area contributed by atoms with Crippen LogP contribution in [-0.2, 0) is 6.54 Å². The van der Waals surface area contributed by atoms with Gasteiger partial charge in [-0.3, -0.25) is 14.3 Å². The van der Waals surface area contributed by atoms with Crippen molar-refractivity contribution in [2.45, 2.75) is 26.0 Å². The molecule has 1 fully saturated rings. The SMILES string of the molecule is Cc1c(C(=O)NCC(F)(F)F)ccc2nn(CC3CN(C(=O)c4ccc(OC(F)(F)F)cc4)C3)cc12. The number of ether oxygens (including phenoxy) is 1. The van der Waals surface area contributed by atoms with Crippen LogP contribution < -0.4 is 10.1 Å². The van der Waals surface area contributed by atoms with Gasteiger partial charge in [-0.2, -0.15) is 18.3 Å². The van der Waals surface area contributed by atoms with Crippen LogP contribution in [0.1, 0.15) is 26.3 Å². The number of amides is 2. The van der Waals surface area contributed by atoms with Crippen LogP contribution in [0.15, 0.2) is 42.6 Å². The quantitative estimate of drug-likeness (QED) is 0.498. The van der Waals surface area contributed by atoms with E-state index in [-0.39, 0.29) is 23.0 Å². The van der Waals surface area contributed by atoms with Crippen LogP contribution in [0.3, 0.4) is 0 Å². The minimum atomic E-state index is -4.81. The first-order valence-corrected chi connectivity index (χ1v) is 10.8. The highest BCUT2D eigenvalue weighted by Gasteiger charge is 2.33. The number of nitrogens with one attached hydrogen (secondary N) is 1. The van der Waals surface area contributed by atoms with Gasteiger partial charge in [0, 0.05) is 48.3 Å². The normalized spacial score (nSPS) is 14.6. The Morgan fingerprint density at radius 3 is 2.33 bits per heavy atom. The number of likely N-dealkylation sites (tertiary alicyclic amines) is 1. The van der Waals surface area contributed by atoms with Gasteiger partial charge in [0.1, 0.15) is 12.3 Å². The third-order valence-electron chi connectivity index (χ3n) is 5.72. The molecular weight excluding hydrogens is 494 g/mol. The summed E-state index contributed by atoms with van der Waals surface area (Å²) < 4.78 is 79.5. The molecule has 4 rings (SSSR count). The molecule has 1 aliphatic heterocycles. The Morgan fingerprint density at radius 1 is 1.06 bits per heavy atom. The molecule has 2 heterocycles. The Labute approximate surface area is 200 Å². The monoisotopic (exact) mass is 514 g/mol. The van der Waals surface area contributed by atoms with Gasteiger partial charge >= 0.3 is 12.5 Å². The molecule has 13 heteroatoms. The Balaban J connectivity index is 1.35. The maximum atomic E-state index is 12.6. The highest BCUT2D eigenvalue weighted by atomic mass is 19.4. The van der Waals surface area contributed by atoms with E-state index >= 15 is 0 Å². The van der Waals surface area contributed by atoms with E-state index in [1.165, 1.54) is 18.2 Å². The number of nitrogens with zero attached hydrogens (tertiary/aromatic N) is 3. The second kappa shape index (κ2) is 9.36. The van der Waals surface area contributed by atoms with E-state index in [1.807, 2.05) is 5.32 Å². The second-order valence-electron chi connectivity index (χ2n) is 8.47. The summed E-state index contributed by atoms with van der Waals surface area (Å²) in [5, 5.41) is 6.93. The molecule has 0 atom stereocenters. The summed E-state index contributed by atoms with van der Waals surface area (Å²) in [6.07, 6.45) is -7.62. The third-order valence-corrected chi connectivity index (χ3v) is 5.72. The first-order chi connectivity index (χ1) is 16.8. The van der Waals surface area contributed by atoms with Gasteiger partial charge in [-0.25, -0.2) is 0 Å². The van der Waals surface area contributed by atoms with Gasteiger partial charge in [0.05, 0.1) is 5.52 Å². The number of benzene rings is 2. The zero-order chi connectivity index (χ0) is 26.3. The molecule has 1 saturated heterocycles. The average molecular weight is 514 g/mol. The van der Waals surface area contributed by atoms with Crippen LogP contribution in [0.5, 0.6) is 5.75 Å². The van der Waals surface area contributed by atoms with E-state index in [1.54, 1.807) is 28.8 Å². The number of carbonyl (C=O) groups is 2. The molecule has 36 heavy (non-hydrogen) atoms. The lowest BCUT2D eigenvalue weighted by atomic mass is 9.99. The summed E-state index contributed by atoms with van der Waals surface area (Å²) in [7, 11) is 0. The fourth-order valence-electron chi connectivity index (χ4n) is 3.99. The Kier molecular flexibility index (Phi) is 6.58. The summed E-state index contributed by atoms with van der Waals surface area (Å²) in [5.41, 5.74) is 1.44.